The first-order valence-corrected chi connectivity index (χ1v) is 9.53. The average molecular weight is 440 g/mol. The second-order valence-corrected chi connectivity index (χ2v) is 7.29. The van der Waals surface area contributed by atoms with Gasteiger partial charge in [-0.05, 0) is 60.8 Å². The number of carbonyl (C=O) groups is 3. The van der Waals surface area contributed by atoms with E-state index in [0.29, 0.717) is 32.8 Å². The summed E-state index contributed by atoms with van der Waals surface area (Å²) in [6, 6.07) is 11.7. The summed E-state index contributed by atoms with van der Waals surface area (Å²) in [6.45, 7) is 0. The SMILES string of the molecule is COc1ccc(C(=O)n2cc(C=C3C(=O)NC(=S)NC3=O)c3cc(Cl)ccc32)cc1. The van der Waals surface area contributed by atoms with Gasteiger partial charge in [-0.1, -0.05) is 11.6 Å². The Bertz CT molecular complexity index is 1240. The molecule has 0 aliphatic carbocycles. The van der Waals surface area contributed by atoms with Gasteiger partial charge in [0.1, 0.15) is 11.3 Å². The molecule has 2 amide bonds. The fourth-order valence-electron chi connectivity index (χ4n) is 3.15. The number of thiocarbonyl (C=S) groups is 1. The Kier molecular flexibility index (Phi) is 5.11. The van der Waals surface area contributed by atoms with E-state index in [4.69, 9.17) is 28.6 Å². The molecule has 0 unspecified atom stereocenters. The highest BCUT2D eigenvalue weighted by Gasteiger charge is 2.26. The Labute approximate surface area is 181 Å². The van der Waals surface area contributed by atoms with E-state index in [-0.39, 0.29) is 16.6 Å². The lowest BCUT2D eigenvalue weighted by atomic mass is 10.1. The van der Waals surface area contributed by atoms with E-state index >= 15 is 0 Å². The predicted octanol–water partition coefficient (Wildman–Crippen LogP) is 2.91. The van der Waals surface area contributed by atoms with Gasteiger partial charge in [0, 0.05) is 27.7 Å². The Hall–Kier alpha value is -3.49. The molecule has 9 heteroatoms. The molecular formula is C21H14ClN3O4S. The highest BCUT2D eigenvalue weighted by atomic mass is 35.5. The van der Waals surface area contributed by atoms with Gasteiger partial charge in [-0.3, -0.25) is 29.6 Å². The molecule has 1 aliphatic heterocycles. The highest BCUT2D eigenvalue weighted by Crippen LogP contribution is 2.28. The van der Waals surface area contributed by atoms with Crippen LogP contribution in [0.2, 0.25) is 5.02 Å². The van der Waals surface area contributed by atoms with Gasteiger partial charge in [0.15, 0.2) is 5.11 Å². The van der Waals surface area contributed by atoms with Crippen LogP contribution in [0.1, 0.15) is 15.9 Å². The molecule has 0 atom stereocenters. The summed E-state index contributed by atoms with van der Waals surface area (Å²) in [7, 11) is 1.55. The molecule has 2 N–H and O–H groups in total. The number of hydrogen-bond donors (Lipinski definition) is 2. The van der Waals surface area contributed by atoms with Crippen LogP contribution in [0.25, 0.3) is 17.0 Å². The van der Waals surface area contributed by atoms with E-state index in [9.17, 15) is 14.4 Å². The van der Waals surface area contributed by atoms with Crippen molar-refractivity contribution in [3.05, 3.63) is 70.4 Å². The number of methoxy groups -OCH3 is 1. The first kappa shape index (κ1) is 19.8. The standard InChI is InChI=1S/C21H14ClN3O4S/c1-29-14-5-2-11(3-6-14)20(28)25-10-12(15-9-13(22)4-7-17(15)25)8-16-18(26)23-21(30)24-19(16)27/h2-10H,1H3,(H2,23,24,26,27,30). The molecule has 7 nitrogen and oxygen atoms in total. The number of ether oxygens (including phenoxy) is 1. The maximum atomic E-state index is 13.1. The maximum absolute atomic E-state index is 13.1. The van der Waals surface area contributed by atoms with Crippen LogP contribution in [0, 0.1) is 0 Å². The lowest BCUT2D eigenvalue weighted by Gasteiger charge is -2.16. The zero-order valence-corrected chi connectivity index (χ0v) is 17.1. The molecule has 0 saturated carbocycles. The van der Waals surface area contributed by atoms with E-state index in [0.717, 1.165) is 0 Å². The molecule has 1 aliphatic rings. The van der Waals surface area contributed by atoms with E-state index < -0.39 is 11.8 Å². The van der Waals surface area contributed by atoms with Crippen molar-refractivity contribution in [3.8, 4) is 5.75 Å². The topological polar surface area (TPSA) is 89.4 Å². The summed E-state index contributed by atoms with van der Waals surface area (Å²) in [4.78, 5) is 37.5. The third kappa shape index (κ3) is 3.58. The Morgan fingerprint density at radius 3 is 2.40 bits per heavy atom. The van der Waals surface area contributed by atoms with Crippen molar-refractivity contribution in [2.24, 2.45) is 0 Å². The number of aromatic nitrogens is 1. The minimum atomic E-state index is -0.617. The van der Waals surface area contributed by atoms with Crippen molar-refractivity contribution in [1.29, 1.82) is 0 Å². The third-order valence-corrected chi connectivity index (χ3v) is 5.04. The molecule has 2 heterocycles. The number of hydrogen-bond acceptors (Lipinski definition) is 5. The molecule has 1 aromatic heterocycles. The van der Waals surface area contributed by atoms with Crippen LogP contribution < -0.4 is 15.4 Å². The van der Waals surface area contributed by atoms with Crippen molar-refractivity contribution in [2.75, 3.05) is 7.11 Å². The molecule has 0 spiro atoms. The third-order valence-electron chi connectivity index (χ3n) is 4.60. The molecule has 30 heavy (non-hydrogen) atoms. The molecule has 2 aromatic carbocycles. The predicted molar refractivity (Wildman–Crippen MR) is 117 cm³/mol. The lowest BCUT2D eigenvalue weighted by Crippen LogP contribution is -2.51. The Morgan fingerprint density at radius 1 is 1.10 bits per heavy atom. The summed E-state index contributed by atoms with van der Waals surface area (Å²) < 4.78 is 6.58. The fourth-order valence-corrected chi connectivity index (χ4v) is 3.50. The largest absolute Gasteiger partial charge is 0.497 e. The quantitative estimate of drug-likeness (QED) is 0.372. The van der Waals surface area contributed by atoms with Crippen LogP contribution in [0.5, 0.6) is 5.75 Å². The molecule has 4 rings (SSSR count). The summed E-state index contributed by atoms with van der Waals surface area (Å²) in [5.74, 6) is -0.886. The van der Waals surface area contributed by atoms with Crippen LogP contribution in [-0.2, 0) is 9.59 Å². The van der Waals surface area contributed by atoms with Gasteiger partial charge >= 0.3 is 0 Å². The fraction of sp³-hybridized carbons (Fsp3) is 0.0476. The van der Waals surface area contributed by atoms with E-state index in [1.54, 1.807) is 55.8 Å². The number of nitrogens with one attached hydrogen (secondary N) is 2. The normalized spacial score (nSPS) is 13.8. The monoisotopic (exact) mass is 439 g/mol. The second-order valence-electron chi connectivity index (χ2n) is 6.44. The Balaban J connectivity index is 1.84. The van der Waals surface area contributed by atoms with Gasteiger partial charge in [-0.25, -0.2) is 0 Å². The van der Waals surface area contributed by atoms with Crippen LogP contribution in [-0.4, -0.2) is 34.5 Å². The number of nitrogens with zero attached hydrogens (tertiary/aromatic N) is 1. The van der Waals surface area contributed by atoms with E-state index in [1.165, 1.54) is 10.6 Å². The van der Waals surface area contributed by atoms with Crippen LogP contribution in [0.15, 0.2) is 54.2 Å². The smallest absolute Gasteiger partial charge is 0.263 e. The summed E-state index contributed by atoms with van der Waals surface area (Å²) in [6.07, 6.45) is 2.97. The number of halogens is 1. The van der Waals surface area contributed by atoms with Crippen LogP contribution >= 0.6 is 23.8 Å². The van der Waals surface area contributed by atoms with Crippen LogP contribution in [0.3, 0.4) is 0 Å². The van der Waals surface area contributed by atoms with Crippen molar-refractivity contribution in [3.63, 3.8) is 0 Å². The number of rotatable bonds is 3. The van der Waals surface area contributed by atoms with Gasteiger partial charge < -0.3 is 4.74 Å². The van der Waals surface area contributed by atoms with Gasteiger partial charge in [0.25, 0.3) is 17.7 Å². The average Bonchev–Trinajstić information content (AvgIpc) is 3.07. The van der Waals surface area contributed by atoms with Crippen molar-refractivity contribution in [1.82, 2.24) is 15.2 Å². The minimum Gasteiger partial charge on any atom is -0.497 e. The van der Waals surface area contributed by atoms with Gasteiger partial charge in [0.2, 0.25) is 0 Å². The van der Waals surface area contributed by atoms with E-state index in [2.05, 4.69) is 10.6 Å². The highest BCUT2D eigenvalue weighted by molar-refractivity contribution is 7.80. The molecular weight excluding hydrogens is 426 g/mol. The zero-order chi connectivity index (χ0) is 21.4. The molecule has 1 saturated heterocycles. The summed E-state index contributed by atoms with van der Waals surface area (Å²) >= 11 is 11.0. The minimum absolute atomic E-state index is 0.0534. The lowest BCUT2D eigenvalue weighted by molar-refractivity contribution is -0.123. The van der Waals surface area contributed by atoms with E-state index in [1.807, 2.05) is 0 Å². The summed E-state index contributed by atoms with van der Waals surface area (Å²) in [5.41, 5.74) is 1.39. The van der Waals surface area contributed by atoms with Gasteiger partial charge in [0.05, 0.1) is 12.6 Å². The molecule has 0 radical (unpaired) electrons. The zero-order valence-electron chi connectivity index (χ0n) is 15.6. The number of fused-ring (bicyclic) bond motifs is 1. The molecule has 1 fully saturated rings. The van der Waals surface area contributed by atoms with Gasteiger partial charge in [-0.15, -0.1) is 0 Å². The maximum Gasteiger partial charge on any atom is 0.263 e. The summed E-state index contributed by atoms with van der Waals surface area (Å²) in [5, 5.41) is 5.79. The number of carbonyl (C=O) groups excluding carboxylic acids is 3. The second kappa shape index (κ2) is 7.74. The van der Waals surface area contributed by atoms with Crippen molar-refractivity contribution < 1.29 is 19.1 Å². The van der Waals surface area contributed by atoms with Crippen LogP contribution in [0.4, 0.5) is 0 Å². The number of benzene rings is 2. The molecule has 0 bridgehead atoms. The molecule has 150 valence electrons. The first-order chi connectivity index (χ1) is 14.4. The molecule has 3 aromatic rings. The van der Waals surface area contributed by atoms with Crippen molar-refractivity contribution >= 4 is 63.6 Å². The van der Waals surface area contributed by atoms with Crippen molar-refractivity contribution in [2.45, 2.75) is 0 Å². The number of amides is 2. The van der Waals surface area contributed by atoms with Gasteiger partial charge in [-0.2, -0.15) is 0 Å². The first-order valence-electron chi connectivity index (χ1n) is 8.75. The Morgan fingerprint density at radius 2 is 1.77 bits per heavy atom.